The number of benzene rings is 3. The second-order valence-electron chi connectivity index (χ2n) is 11.9. The van der Waals surface area contributed by atoms with Gasteiger partial charge in [-0.3, -0.25) is 0 Å². The summed E-state index contributed by atoms with van der Waals surface area (Å²) in [7, 11) is 0.498. The predicted molar refractivity (Wildman–Crippen MR) is 154 cm³/mol. The molecule has 0 aliphatic heterocycles. The zero-order valence-electron chi connectivity index (χ0n) is 23.1. The molecule has 0 atom stereocenters. The first-order valence-corrected chi connectivity index (χ1v) is 16.5. The minimum absolute atomic E-state index is 0.230. The van der Waals surface area contributed by atoms with Gasteiger partial charge >= 0.3 is 0 Å². The molecule has 0 unspecified atom stereocenters. The number of halogens is 1. The Balaban J connectivity index is 1.94. The van der Waals surface area contributed by atoms with Crippen LogP contribution >= 0.6 is 0 Å². The Morgan fingerprint density at radius 3 is 2.22 bits per heavy atom. The minimum Gasteiger partial charge on any atom is -0.455 e. The summed E-state index contributed by atoms with van der Waals surface area (Å²) in [6.07, 6.45) is 1.06. The van der Waals surface area contributed by atoms with Gasteiger partial charge in [0.05, 0.1) is 13.6 Å². The molecule has 3 aromatic carbocycles. The first-order chi connectivity index (χ1) is 16.9. The summed E-state index contributed by atoms with van der Waals surface area (Å²) >= 11 is 0. The molecule has 0 aliphatic rings. The molecule has 0 N–H and O–H groups in total. The van der Waals surface area contributed by atoms with E-state index < -0.39 is 8.07 Å². The minimum atomic E-state index is -1.67. The van der Waals surface area contributed by atoms with Crippen molar-refractivity contribution in [3.63, 3.8) is 0 Å². The molecule has 5 rings (SSSR count). The molecule has 0 fully saturated rings. The maximum atomic E-state index is 14.5. The summed E-state index contributed by atoms with van der Waals surface area (Å²) < 4.78 is 23.3. The molecule has 2 aromatic heterocycles. The molecule has 2 nitrogen and oxygen atoms in total. The molecule has 5 aromatic rings. The highest BCUT2D eigenvalue weighted by Gasteiger charge is 2.29. The number of furan rings is 1. The second kappa shape index (κ2) is 8.55. The van der Waals surface area contributed by atoms with Crippen LogP contribution in [0.2, 0.25) is 19.6 Å². The number of rotatable bonds is 4. The van der Waals surface area contributed by atoms with Crippen LogP contribution in [-0.2, 0) is 13.5 Å². The van der Waals surface area contributed by atoms with Crippen molar-refractivity contribution >= 4 is 46.1 Å². The van der Waals surface area contributed by atoms with Gasteiger partial charge in [-0.15, -0.1) is 0 Å². The average molecular weight is 499 g/mol. The van der Waals surface area contributed by atoms with E-state index in [1.807, 2.05) is 6.07 Å². The van der Waals surface area contributed by atoms with Gasteiger partial charge in [-0.1, -0.05) is 39.6 Å². The Morgan fingerprint density at radius 2 is 1.56 bits per heavy atom. The predicted octanol–water partition coefficient (Wildman–Crippen LogP) is 8.04. The molecule has 0 radical (unpaired) electrons. The van der Waals surface area contributed by atoms with E-state index in [0.717, 1.165) is 34.0 Å². The lowest BCUT2D eigenvalue weighted by Crippen LogP contribution is -2.43. The molecule has 0 bridgehead atoms. The smallest absolute Gasteiger partial charge is 0.216 e. The number of fused-ring (bicyclic) bond motifs is 4. The van der Waals surface area contributed by atoms with Crippen LogP contribution in [0.15, 0.2) is 46.9 Å². The van der Waals surface area contributed by atoms with E-state index in [0.29, 0.717) is 17.1 Å². The van der Waals surface area contributed by atoms with Crippen molar-refractivity contribution in [2.45, 2.75) is 60.7 Å². The third-order valence-electron chi connectivity index (χ3n) is 7.70. The van der Waals surface area contributed by atoms with Crippen molar-refractivity contribution in [2.24, 2.45) is 13.0 Å². The lowest BCUT2D eigenvalue weighted by Gasteiger charge is -2.21. The van der Waals surface area contributed by atoms with Gasteiger partial charge in [0.25, 0.3) is 0 Å². The van der Waals surface area contributed by atoms with E-state index in [2.05, 4.69) is 89.3 Å². The fourth-order valence-corrected chi connectivity index (χ4v) is 7.19. The van der Waals surface area contributed by atoms with Crippen LogP contribution in [0.3, 0.4) is 0 Å². The maximum absolute atomic E-state index is 14.5. The zero-order chi connectivity index (χ0) is 26.1. The summed E-state index contributed by atoms with van der Waals surface area (Å²) in [5.74, 6) is 0.372. The summed E-state index contributed by atoms with van der Waals surface area (Å²) in [5, 5.41) is 4.82. The first kappa shape index (κ1) is 24.7. The molecule has 0 saturated carbocycles. The highest BCUT2D eigenvalue weighted by atomic mass is 28.3. The van der Waals surface area contributed by atoms with Gasteiger partial charge in [-0.2, -0.15) is 4.57 Å². The van der Waals surface area contributed by atoms with Crippen molar-refractivity contribution in [3.05, 3.63) is 70.5 Å². The van der Waals surface area contributed by atoms with Crippen LogP contribution in [0, 0.1) is 32.5 Å². The molecule has 0 amide bonds. The Labute approximate surface area is 214 Å². The number of aromatic nitrogens is 1. The zero-order valence-corrected chi connectivity index (χ0v) is 24.1. The Kier molecular flexibility index (Phi) is 5.87. The van der Waals surface area contributed by atoms with Gasteiger partial charge in [0.15, 0.2) is 0 Å². The summed E-state index contributed by atoms with van der Waals surface area (Å²) in [6, 6.07) is 15.0. The maximum Gasteiger partial charge on any atom is 0.216 e. The van der Waals surface area contributed by atoms with E-state index in [9.17, 15) is 4.39 Å². The van der Waals surface area contributed by atoms with Crippen molar-refractivity contribution in [1.82, 2.24) is 0 Å². The lowest BCUT2D eigenvalue weighted by atomic mass is 9.95. The quantitative estimate of drug-likeness (QED) is 0.181. The van der Waals surface area contributed by atoms with Crippen LogP contribution in [-0.4, -0.2) is 8.07 Å². The third-order valence-corrected chi connectivity index (χ3v) is 9.73. The number of hydrogen-bond donors (Lipinski definition) is 0. The van der Waals surface area contributed by atoms with Crippen LogP contribution in [0.5, 0.6) is 0 Å². The SMILES string of the molecule is Cc1cc2c(oc3c(C)c(F)ccc32)c(-c2cc([Si](C)(C)C)c3ccc(CC(C)C)cc3[n+]2C)c1C. The first-order valence-electron chi connectivity index (χ1n) is 13.0. The fourth-order valence-electron chi connectivity index (χ4n) is 5.60. The average Bonchev–Trinajstić information content (AvgIpc) is 3.15. The Hall–Kier alpha value is -2.98. The summed E-state index contributed by atoms with van der Waals surface area (Å²) in [5.41, 5.74) is 9.36. The topological polar surface area (TPSA) is 17.0 Å². The summed E-state index contributed by atoms with van der Waals surface area (Å²) in [4.78, 5) is 0. The highest BCUT2D eigenvalue weighted by molar-refractivity contribution is 6.90. The van der Waals surface area contributed by atoms with Crippen molar-refractivity contribution in [1.29, 1.82) is 0 Å². The lowest BCUT2D eigenvalue weighted by molar-refractivity contribution is -0.633. The van der Waals surface area contributed by atoms with E-state index in [-0.39, 0.29) is 5.82 Å². The van der Waals surface area contributed by atoms with Crippen molar-refractivity contribution in [2.75, 3.05) is 0 Å². The standard InChI is InChI=1S/C32H37FNOSi/c1-18(2)14-22-10-11-24-27(16-22)34(6)28(17-29(24)36(7,8)9)30-20(4)19(3)15-25-23-12-13-26(33)21(5)31(23)35-32(25)30/h10-13,15-18H,14H2,1-9H3/q+1. The molecule has 36 heavy (non-hydrogen) atoms. The molecular formula is C32H37FNOSi+. The molecule has 2 heterocycles. The van der Waals surface area contributed by atoms with Gasteiger partial charge in [0.1, 0.15) is 24.0 Å². The van der Waals surface area contributed by atoms with Crippen LogP contribution in [0.4, 0.5) is 4.39 Å². The van der Waals surface area contributed by atoms with Gasteiger partial charge in [0, 0.05) is 33.9 Å². The van der Waals surface area contributed by atoms with Crippen molar-refractivity contribution < 1.29 is 13.4 Å². The van der Waals surface area contributed by atoms with Gasteiger partial charge in [0.2, 0.25) is 11.2 Å². The Bertz CT molecular complexity index is 1670. The number of pyridine rings is 1. The monoisotopic (exact) mass is 498 g/mol. The van der Waals surface area contributed by atoms with Crippen LogP contribution in [0.1, 0.15) is 36.1 Å². The third kappa shape index (κ3) is 3.87. The van der Waals surface area contributed by atoms with E-state index in [1.165, 1.54) is 32.8 Å². The van der Waals surface area contributed by atoms with E-state index >= 15 is 0 Å². The van der Waals surface area contributed by atoms with Gasteiger partial charge in [-0.05, 0) is 79.3 Å². The highest BCUT2D eigenvalue weighted by Crippen LogP contribution is 2.40. The number of aryl methyl sites for hydroxylation is 3. The number of hydrogen-bond acceptors (Lipinski definition) is 1. The normalized spacial score (nSPS) is 12.5. The summed E-state index contributed by atoms with van der Waals surface area (Å²) in [6.45, 7) is 17.9. The van der Waals surface area contributed by atoms with Crippen LogP contribution in [0.25, 0.3) is 44.1 Å². The largest absolute Gasteiger partial charge is 0.455 e. The number of nitrogens with zero attached hydrogens (tertiary/aromatic N) is 1. The molecule has 0 spiro atoms. The molecule has 0 aliphatic carbocycles. The second-order valence-corrected chi connectivity index (χ2v) is 17.0. The van der Waals surface area contributed by atoms with E-state index in [4.69, 9.17) is 4.42 Å². The Morgan fingerprint density at radius 1 is 0.861 bits per heavy atom. The van der Waals surface area contributed by atoms with Gasteiger partial charge < -0.3 is 4.42 Å². The molecule has 0 saturated heterocycles. The molecule has 4 heteroatoms. The molecular weight excluding hydrogens is 461 g/mol. The van der Waals surface area contributed by atoms with E-state index in [1.54, 1.807) is 13.0 Å². The molecule has 186 valence electrons. The van der Waals surface area contributed by atoms with Gasteiger partial charge in [-0.25, -0.2) is 4.39 Å². The van der Waals surface area contributed by atoms with Crippen molar-refractivity contribution in [3.8, 4) is 11.3 Å². The fraction of sp³-hybridized carbons (Fsp3) is 0.344. The van der Waals surface area contributed by atoms with Crippen LogP contribution < -0.4 is 9.75 Å².